The van der Waals surface area contributed by atoms with E-state index in [1.165, 1.54) is 28.3 Å². The highest BCUT2D eigenvalue weighted by atomic mass is 16.5. The van der Waals surface area contributed by atoms with Crippen LogP contribution in [0.5, 0.6) is 5.75 Å². The maximum Gasteiger partial charge on any atom is 0.331 e. The molecule has 1 N–H and O–H groups in total. The van der Waals surface area contributed by atoms with Gasteiger partial charge in [0.1, 0.15) is 24.2 Å². The van der Waals surface area contributed by atoms with E-state index in [4.69, 9.17) is 4.74 Å². The molecule has 2 aliphatic rings. The summed E-state index contributed by atoms with van der Waals surface area (Å²) in [4.78, 5) is 29.2. The van der Waals surface area contributed by atoms with Crippen LogP contribution in [0.25, 0.3) is 16.8 Å². The van der Waals surface area contributed by atoms with E-state index in [0.717, 1.165) is 30.8 Å². The lowest BCUT2D eigenvalue weighted by molar-refractivity contribution is -0.122. The molecule has 2 fully saturated rings. The van der Waals surface area contributed by atoms with Crippen molar-refractivity contribution in [3.05, 3.63) is 83.6 Å². The minimum atomic E-state index is -0.638. The number of hydrogen-bond donors (Lipinski definition) is 1. The number of imide groups is 1. The first-order chi connectivity index (χ1) is 17.9. The first-order valence-corrected chi connectivity index (χ1v) is 12.8. The van der Waals surface area contributed by atoms with Gasteiger partial charge < -0.3 is 14.7 Å². The first kappa shape index (κ1) is 25.0. The number of rotatable bonds is 7. The van der Waals surface area contributed by atoms with Crippen LogP contribution in [0.2, 0.25) is 0 Å². The van der Waals surface area contributed by atoms with Crippen molar-refractivity contribution in [3.8, 4) is 5.75 Å². The lowest BCUT2D eigenvalue weighted by Crippen LogP contribution is -2.40. The normalized spacial score (nSPS) is 19.3. The maximum atomic E-state index is 12.4. The standard InChI is InChI=1S/C30H33N3O4/c1-31-27(29(35)32(2)30(31)36)18-25-9-5-6-10-28(25)37-20-26(34)19-33-15-13-22(14-16-33)24-12-11-21-7-3-4-8-23(21)17-24/h3-12,17-18,22,26,34H,13-16,19-20H2,1-2H3. The summed E-state index contributed by atoms with van der Waals surface area (Å²) in [7, 11) is 3.04. The molecule has 5 rings (SSSR count). The number of ether oxygens (including phenoxy) is 1. The Hall–Kier alpha value is -3.68. The zero-order chi connectivity index (χ0) is 25.9. The highest BCUT2D eigenvalue weighted by molar-refractivity contribution is 6.13. The van der Waals surface area contributed by atoms with Gasteiger partial charge in [-0.3, -0.25) is 14.6 Å². The Bertz CT molecular complexity index is 1330. The molecule has 192 valence electrons. The van der Waals surface area contributed by atoms with Crippen molar-refractivity contribution in [3.63, 3.8) is 0 Å². The van der Waals surface area contributed by atoms with Gasteiger partial charge in [-0.05, 0) is 60.3 Å². The van der Waals surface area contributed by atoms with Crippen molar-refractivity contribution in [2.24, 2.45) is 0 Å². The molecule has 7 nitrogen and oxygen atoms in total. The van der Waals surface area contributed by atoms with E-state index in [9.17, 15) is 14.7 Å². The number of nitrogens with zero attached hydrogens (tertiary/aromatic N) is 3. The number of fused-ring (bicyclic) bond motifs is 1. The van der Waals surface area contributed by atoms with Gasteiger partial charge in [0.05, 0.1) is 0 Å². The molecule has 3 aromatic rings. The number of piperidine rings is 1. The fourth-order valence-electron chi connectivity index (χ4n) is 5.21. The topological polar surface area (TPSA) is 73.3 Å². The minimum absolute atomic E-state index is 0.146. The predicted octanol–water partition coefficient (Wildman–Crippen LogP) is 4.32. The molecule has 0 aliphatic carbocycles. The smallest absolute Gasteiger partial charge is 0.331 e. The molecule has 3 amide bonds. The Morgan fingerprint density at radius 3 is 2.38 bits per heavy atom. The van der Waals surface area contributed by atoms with Gasteiger partial charge in [-0.1, -0.05) is 60.7 Å². The minimum Gasteiger partial charge on any atom is -0.490 e. The highest BCUT2D eigenvalue weighted by Gasteiger charge is 2.36. The zero-order valence-corrected chi connectivity index (χ0v) is 21.3. The molecule has 2 aliphatic heterocycles. The number of benzene rings is 3. The average Bonchev–Trinajstić information content (AvgIpc) is 3.10. The lowest BCUT2D eigenvalue weighted by Gasteiger charge is -2.33. The van der Waals surface area contributed by atoms with Crippen LogP contribution in [0, 0.1) is 0 Å². The number of likely N-dealkylation sites (tertiary alicyclic amines) is 1. The van der Waals surface area contributed by atoms with Gasteiger partial charge >= 0.3 is 6.03 Å². The number of aliphatic hydroxyl groups excluding tert-OH is 1. The van der Waals surface area contributed by atoms with Crippen molar-refractivity contribution in [1.29, 1.82) is 0 Å². The summed E-state index contributed by atoms with van der Waals surface area (Å²) in [5.41, 5.74) is 2.37. The van der Waals surface area contributed by atoms with E-state index in [2.05, 4.69) is 47.4 Å². The second-order valence-electron chi connectivity index (χ2n) is 9.92. The molecule has 2 heterocycles. The third kappa shape index (κ3) is 5.38. The molecule has 0 saturated carbocycles. The summed E-state index contributed by atoms with van der Waals surface area (Å²) in [6.07, 6.45) is 3.15. The third-order valence-electron chi connectivity index (χ3n) is 7.40. The van der Waals surface area contributed by atoms with E-state index < -0.39 is 6.10 Å². The monoisotopic (exact) mass is 499 g/mol. The third-order valence-corrected chi connectivity index (χ3v) is 7.40. The summed E-state index contributed by atoms with van der Waals surface area (Å²) in [5.74, 6) is 0.748. The maximum absolute atomic E-state index is 12.4. The van der Waals surface area contributed by atoms with Crippen LogP contribution in [0.1, 0.15) is 29.9 Å². The summed E-state index contributed by atoms with van der Waals surface area (Å²) in [6, 6.07) is 22.2. The number of carbonyl (C=O) groups is 2. The number of urea groups is 1. The van der Waals surface area contributed by atoms with Crippen LogP contribution in [0.3, 0.4) is 0 Å². The second kappa shape index (κ2) is 10.7. The zero-order valence-electron chi connectivity index (χ0n) is 21.3. The van der Waals surface area contributed by atoms with Crippen molar-refractivity contribution >= 4 is 28.8 Å². The van der Waals surface area contributed by atoms with Crippen LogP contribution in [0.15, 0.2) is 72.4 Å². The van der Waals surface area contributed by atoms with Gasteiger partial charge in [-0.25, -0.2) is 4.79 Å². The van der Waals surface area contributed by atoms with Crippen molar-refractivity contribution in [2.45, 2.75) is 24.9 Å². The van der Waals surface area contributed by atoms with Crippen molar-refractivity contribution < 1.29 is 19.4 Å². The Kier molecular flexibility index (Phi) is 7.26. The van der Waals surface area contributed by atoms with Gasteiger partial charge in [-0.15, -0.1) is 0 Å². The van der Waals surface area contributed by atoms with Crippen LogP contribution in [0.4, 0.5) is 4.79 Å². The molecular weight excluding hydrogens is 466 g/mol. The second-order valence-corrected chi connectivity index (χ2v) is 9.92. The first-order valence-electron chi connectivity index (χ1n) is 12.8. The molecular formula is C30H33N3O4. The van der Waals surface area contributed by atoms with Crippen LogP contribution >= 0.6 is 0 Å². The van der Waals surface area contributed by atoms with E-state index in [0.29, 0.717) is 29.5 Å². The summed E-state index contributed by atoms with van der Waals surface area (Å²) >= 11 is 0. The molecule has 3 aromatic carbocycles. The Balaban J connectivity index is 1.15. The molecule has 0 aromatic heterocycles. The van der Waals surface area contributed by atoms with Gasteiger partial charge in [0.15, 0.2) is 0 Å². The summed E-state index contributed by atoms with van der Waals surface area (Å²) in [6.45, 7) is 2.57. The molecule has 37 heavy (non-hydrogen) atoms. The van der Waals surface area contributed by atoms with E-state index in [-0.39, 0.29) is 18.5 Å². The number of amides is 3. The average molecular weight is 500 g/mol. The van der Waals surface area contributed by atoms with Crippen molar-refractivity contribution in [1.82, 2.24) is 14.7 Å². The molecule has 1 unspecified atom stereocenters. The fourth-order valence-corrected chi connectivity index (χ4v) is 5.21. The van der Waals surface area contributed by atoms with Crippen LogP contribution < -0.4 is 4.74 Å². The van der Waals surface area contributed by atoms with E-state index in [1.807, 2.05) is 18.2 Å². The quantitative estimate of drug-likeness (QED) is 0.387. The van der Waals surface area contributed by atoms with Gasteiger partial charge in [0.2, 0.25) is 0 Å². The molecule has 1 atom stereocenters. The molecule has 2 saturated heterocycles. The number of para-hydroxylation sites is 1. The molecule has 0 radical (unpaired) electrons. The molecule has 0 bridgehead atoms. The van der Waals surface area contributed by atoms with Gasteiger partial charge in [-0.2, -0.15) is 0 Å². The summed E-state index contributed by atoms with van der Waals surface area (Å²) < 4.78 is 5.96. The van der Waals surface area contributed by atoms with Crippen LogP contribution in [-0.2, 0) is 4.79 Å². The van der Waals surface area contributed by atoms with Crippen molar-refractivity contribution in [2.75, 3.05) is 40.3 Å². The number of hydrogen-bond acceptors (Lipinski definition) is 5. The molecule has 7 heteroatoms. The van der Waals surface area contributed by atoms with Gasteiger partial charge in [0, 0.05) is 26.2 Å². The SMILES string of the molecule is CN1C(=O)C(=Cc2ccccc2OCC(O)CN2CCC(c3ccc4ccccc4c3)CC2)N(C)C1=O. The predicted molar refractivity (Wildman–Crippen MR) is 144 cm³/mol. The van der Waals surface area contributed by atoms with Crippen LogP contribution in [-0.4, -0.2) is 78.2 Å². The number of aliphatic hydroxyl groups is 1. The largest absolute Gasteiger partial charge is 0.490 e. The number of carbonyl (C=O) groups excluding carboxylic acids is 2. The fraction of sp³-hybridized carbons (Fsp3) is 0.333. The number of likely N-dealkylation sites (N-methyl/N-ethyl adjacent to an activating group) is 2. The lowest BCUT2D eigenvalue weighted by atomic mass is 9.88. The number of β-amino-alcohol motifs (C(OH)–C–C–N with tert-alkyl or cyclic N) is 1. The Labute approximate surface area is 217 Å². The Morgan fingerprint density at radius 1 is 0.946 bits per heavy atom. The molecule has 0 spiro atoms. The van der Waals surface area contributed by atoms with Gasteiger partial charge in [0.25, 0.3) is 5.91 Å². The van der Waals surface area contributed by atoms with E-state index in [1.54, 1.807) is 19.2 Å². The Morgan fingerprint density at radius 2 is 1.65 bits per heavy atom. The van der Waals surface area contributed by atoms with E-state index >= 15 is 0 Å². The summed E-state index contributed by atoms with van der Waals surface area (Å²) in [5, 5.41) is 13.3. The highest BCUT2D eigenvalue weighted by Crippen LogP contribution is 2.30.